The first-order valence-electron chi connectivity index (χ1n) is 6.91. The second kappa shape index (κ2) is 4.68. The summed E-state index contributed by atoms with van der Waals surface area (Å²) in [6.07, 6.45) is 3.05. The van der Waals surface area contributed by atoms with Crippen molar-refractivity contribution >= 4 is 16.9 Å². The Hall–Kier alpha value is -1.84. The number of benzene rings is 1. The van der Waals surface area contributed by atoms with E-state index in [1.165, 1.54) is 24.2 Å². The minimum atomic E-state index is 0.0831. The molecule has 0 unspecified atom stereocenters. The molecule has 1 N–H and O–H groups in total. The van der Waals surface area contributed by atoms with Crippen molar-refractivity contribution in [1.82, 2.24) is 14.9 Å². The Kier molecular flexibility index (Phi) is 3.01. The van der Waals surface area contributed by atoms with Crippen molar-refractivity contribution in [1.29, 1.82) is 0 Å². The van der Waals surface area contributed by atoms with Crippen molar-refractivity contribution in [3.63, 3.8) is 0 Å². The average Bonchev–Trinajstić information content (AvgIpc) is 3.21. The minimum absolute atomic E-state index is 0.0831. The van der Waals surface area contributed by atoms with E-state index in [2.05, 4.69) is 35.1 Å². The monoisotopic (exact) mass is 257 g/mol. The molecule has 4 heteroatoms. The van der Waals surface area contributed by atoms with Gasteiger partial charge in [-0.25, -0.2) is 4.98 Å². The number of aromatic nitrogens is 2. The van der Waals surface area contributed by atoms with Crippen LogP contribution in [0.25, 0.3) is 11.0 Å². The lowest BCUT2D eigenvalue weighted by atomic mass is 10.2. The van der Waals surface area contributed by atoms with Crippen molar-refractivity contribution in [2.75, 3.05) is 0 Å². The van der Waals surface area contributed by atoms with Crippen molar-refractivity contribution in [3.8, 4) is 0 Å². The maximum atomic E-state index is 11.3. The molecule has 2 aromatic rings. The Morgan fingerprint density at radius 3 is 2.95 bits per heavy atom. The van der Waals surface area contributed by atoms with Crippen LogP contribution in [0.2, 0.25) is 0 Å². The molecule has 19 heavy (non-hydrogen) atoms. The van der Waals surface area contributed by atoms with Crippen molar-refractivity contribution in [2.45, 2.75) is 38.6 Å². The van der Waals surface area contributed by atoms with Crippen LogP contribution in [0.4, 0.5) is 0 Å². The fourth-order valence-electron chi connectivity index (χ4n) is 2.41. The Morgan fingerprint density at radius 1 is 1.47 bits per heavy atom. The summed E-state index contributed by atoms with van der Waals surface area (Å²) in [5.74, 6) is 1.94. The number of nitrogens with zero attached hydrogens (tertiary/aromatic N) is 2. The van der Waals surface area contributed by atoms with E-state index in [4.69, 9.17) is 4.98 Å². The molecule has 1 aromatic heterocycles. The van der Waals surface area contributed by atoms with Gasteiger partial charge in [0.2, 0.25) is 5.91 Å². The molecule has 0 saturated heterocycles. The third-order valence-corrected chi connectivity index (χ3v) is 3.73. The van der Waals surface area contributed by atoms with Crippen LogP contribution in [0.5, 0.6) is 0 Å². The van der Waals surface area contributed by atoms with Gasteiger partial charge in [-0.05, 0) is 30.5 Å². The molecule has 3 rings (SSSR count). The summed E-state index contributed by atoms with van der Waals surface area (Å²) in [6.45, 7) is 2.44. The molecule has 1 fully saturated rings. The van der Waals surface area contributed by atoms with Gasteiger partial charge in [-0.15, -0.1) is 0 Å². The van der Waals surface area contributed by atoms with Crippen LogP contribution in [0.1, 0.15) is 43.5 Å². The first-order valence-corrected chi connectivity index (χ1v) is 6.91. The second-order valence-corrected chi connectivity index (χ2v) is 5.26. The number of hydrogen-bond donors (Lipinski definition) is 1. The van der Waals surface area contributed by atoms with E-state index < -0.39 is 0 Å². The standard InChI is InChI=1S/C15H19N3O/c1-3-14(19)16-9-10-4-7-13-12(8-10)17-15(18(13)2)11-5-6-11/h4,7-8,11H,3,5-6,9H2,1-2H3,(H,16,19). The number of nitrogens with one attached hydrogen (secondary N) is 1. The summed E-state index contributed by atoms with van der Waals surface area (Å²) in [6, 6.07) is 6.25. The van der Waals surface area contributed by atoms with Crippen molar-refractivity contribution < 1.29 is 4.79 Å². The quantitative estimate of drug-likeness (QED) is 0.914. The highest BCUT2D eigenvalue weighted by Crippen LogP contribution is 2.40. The molecule has 4 nitrogen and oxygen atoms in total. The van der Waals surface area contributed by atoms with Gasteiger partial charge in [-0.2, -0.15) is 0 Å². The Bertz CT molecular complexity index is 626. The molecular formula is C15H19N3O. The summed E-state index contributed by atoms with van der Waals surface area (Å²) in [7, 11) is 2.08. The largest absolute Gasteiger partial charge is 0.352 e. The minimum Gasteiger partial charge on any atom is -0.352 e. The first-order chi connectivity index (χ1) is 9.19. The van der Waals surface area contributed by atoms with Gasteiger partial charge in [0.05, 0.1) is 11.0 Å². The summed E-state index contributed by atoms with van der Waals surface area (Å²) >= 11 is 0. The lowest BCUT2D eigenvalue weighted by Gasteiger charge is -2.04. The summed E-state index contributed by atoms with van der Waals surface area (Å²) in [5.41, 5.74) is 3.31. The van der Waals surface area contributed by atoms with E-state index in [0.717, 1.165) is 11.1 Å². The summed E-state index contributed by atoms with van der Waals surface area (Å²) < 4.78 is 2.20. The number of amides is 1. The Balaban J connectivity index is 1.86. The van der Waals surface area contributed by atoms with Crippen LogP contribution >= 0.6 is 0 Å². The van der Waals surface area contributed by atoms with Gasteiger partial charge in [0.25, 0.3) is 0 Å². The lowest BCUT2D eigenvalue weighted by molar-refractivity contribution is -0.120. The maximum absolute atomic E-state index is 11.3. The highest BCUT2D eigenvalue weighted by atomic mass is 16.1. The SMILES string of the molecule is CCC(=O)NCc1ccc2c(c1)nc(C1CC1)n2C. The van der Waals surface area contributed by atoms with Crippen LogP contribution in [0.3, 0.4) is 0 Å². The fraction of sp³-hybridized carbons (Fsp3) is 0.467. The topological polar surface area (TPSA) is 46.9 Å². The lowest BCUT2D eigenvalue weighted by Crippen LogP contribution is -2.21. The molecule has 0 aliphatic heterocycles. The van der Waals surface area contributed by atoms with Gasteiger partial charge in [0.15, 0.2) is 0 Å². The van der Waals surface area contributed by atoms with Crippen LogP contribution in [-0.2, 0) is 18.4 Å². The number of imidazole rings is 1. The molecule has 1 aliphatic rings. The van der Waals surface area contributed by atoms with Crippen molar-refractivity contribution in [2.24, 2.45) is 7.05 Å². The van der Waals surface area contributed by atoms with Gasteiger partial charge in [0, 0.05) is 25.9 Å². The molecule has 0 bridgehead atoms. The second-order valence-electron chi connectivity index (χ2n) is 5.26. The van der Waals surface area contributed by atoms with E-state index in [9.17, 15) is 4.79 Å². The zero-order valence-electron chi connectivity index (χ0n) is 11.4. The van der Waals surface area contributed by atoms with Crippen molar-refractivity contribution in [3.05, 3.63) is 29.6 Å². The molecule has 100 valence electrons. The van der Waals surface area contributed by atoms with Gasteiger partial charge < -0.3 is 9.88 Å². The van der Waals surface area contributed by atoms with E-state index in [1.807, 2.05) is 6.92 Å². The van der Waals surface area contributed by atoms with Gasteiger partial charge in [0.1, 0.15) is 5.82 Å². The number of hydrogen-bond acceptors (Lipinski definition) is 2. The Morgan fingerprint density at radius 2 is 2.26 bits per heavy atom. The van der Waals surface area contributed by atoms with Gasteiger partial charge in [-0.1, -0.05) is 13.0 Å². The number of fused-ring (bicyclic) bond motifs is 1. The molecule has 1 amide bonds. The van der Waals surface area contributed by atoms with Gasteiger partial charge >= 0.3 is 0 Å². The fourth-order valence-corrected chi connectivity index (χ4v) is 2.41. The number of carbonyl (C=O) groups is 1. The number of rotatable bonds is 4. The molecule has 1 saturated carbocycles. The highest BCUT2D eigenvalue weighted by Gasteiger charge is 2.28. The zero-order valence-corrected chi connectivity index (χ0v) is 11.4. The molecule has 0 radical (unpaired) electrons. The molecule has 1 aliphatic carbocycles. The first kappa shape index (κ1) is 12.2. The maximum Gasteiger partial charge on any atom is 0.219 e. The predicted octanol–water partition coefficient (Wildman–Crippen LogP) is 2.48. The van der Waals surface area contributed by atoms with E-state index in [1.54, 1.807) is 0 Å². The third-order valence-electron chi connectivity index (χ3n) is 3.73. The molecule has 1 heterocycles. The molecule has 0 atom stereocenters. The van der Waals surface area contributed by atoms with Gasteiger partial charge in [-0.3, -0.25) is 4.79 Å². The molecule has 1 aromatic carbocycles. The number of carbonyl (C=O) groups excluding carboxylic acids is 1. The van der Waals surface area contributed by atoms with Crippen LogP contribution < -0.4 is 5.32 Å². The van der Waals surface area contributed by atoms with E-state index in [-0.39, 0.29) is 5.91 Å². The van der Waals surface area contributed by atoms with Crippen LogP contribution in [0, 0.1) is 0 Å². The average molecular weight is 257 g/mol. The predicted molar refractivity (Wildman–Crippen MR) is 74.8 cm³/mol. The Labute approximate surface area is 112 Å². The molecule has 0 spiro atoms. The highest BCUT2D eigenvalue weighted by molar-refractivity contribution is 5.78. The number of aryl methyl sites for hydroxylation is 1. The van der Waals surface area contributed by atoms with Crippen LogP contribution in [0.15, 0.2) is 18.2 Å². The summed E-state index contributed by atoms with van der Waals surface area (Å²) in [4.78, 5) is 16.0. The summed E-state index contributed by atoms with van der Waals surface area (Å²) in [5, 5.41) is 2.90. The third kappa shape index (κ3) is 2.35. The van der Waals surface area contributed by atoms with E-state index >= 15 is 0 Å². The van der Waals surface area contributed by atoms with Crippen LogP contribution in [-0.4, -0.2) is 15.5 Å². The smallest absolute Gasteiger partial charge is 0.219 e. The van der Waals surface area contributed by atoms with E-state index in [0.29, 0.717) is 18.9 Å². The molecular weight excluding hydrogens is 238 g/mol. The normalized spacial score (nSPS) is 14.8. The zero-order chi connectivity index (χ0) is 13.4.